The molecule has 0 heterocycles. The van der Waals surface area contributed by atoms with E-state index in [1.54, 1.807) is 6.08 Å². The number of unbranched alkanes of at least 4 members (excludes halogenated alkanes) is 11. The smallest absolute Gasteiger partial charge is 0.0615 e. The molecule has 0 aliphatic rings. The molecule has 0 saturated carbocycles. The van der Waals surface area contributed by atoms with E-state index in [2.05, 4.69) is 13.0 Å². The summed E-state index contributed by atoms with van der Waals surface area (Å²) < 4.78 is 0. The lowest BCUT2D eigenvalue weighted by atomic mass is 10.1. The van der Waals surface area contributed by atoms with Crippen molar-refractivity contribution in [1.82, 2.24) is 0 Å². The van der Waals surface area contributed by atoms with Crippen molar-refractivity contribution in [3.8, 4) is 0 Å². The summed E-state index contributed by atoms with van der Waals surface area (Å²) in [6.45, 7) is 2.42. The molecular formula is C18H34O. The zero-order valence-corrected chi connectivity index (χ0v) is 12.9. The van der Waals surface area contributed by atoms with Gasteiger partial charge >= 0.3 is 0 Å². The first-order valence-corrected chi connectivity index (χ1v) is 8.34. The van der Waals surface area contributed by atoms with Crippen molar-refractivity contribution in [2.45, 2.75) is 84.0 Å². The maximum absolute atomic E-state index is 8.55. The topological polar surface area (TPSA) is 20.2 Å². The van der Waals surface area contributed by atoms with Gasteiger partial charge in [0.1, 0.15) is 0 Å². The summed E-state index contributed by atoms with van der Waals surface area (Å²) in [7, 11) is 0. The van der Waals surface area contributed by atoms with Gasteiger partial charge in [-0.15, -0.1) is 0 Å². The molecule has 0 radical (unpaired) electrons. The van der Waals surface area contributed by atoms with Crippen LogP contribution in [0, 0.1) is 0 Å². The standard InChI is InChI=1S/C18H34O/c1-2-3-4-5-6-7-8-9-10-11-12-13-14-15-16-17-18-19/h14-17,19H,2-13,18H2,1H3/b15-14+,17-16+. The van der Waals surface area contributed by atoms with Crippen molar-refractivity contribution >= 4 is 0 Å². The maximum Gasteiger partial charge on any atom is 0.0615 e. The third kappa shape index (κ3) is 17.4. The van der Waals surface area contributed by atoms with Gasteiger partial charge in [-0.3, -0.25) is 0 Å². The fourth-order valence-electron chi connectivity index (χ4n) is 2.24. The molecule has 0 saturated heterocycles. The summed E-state index contributed by atoms with van der Waals surface area (Å²) in [5.74, 6) is 0. The third-order valence-corrected chi connectivity index (χ3v) is 3.46. The van der Waals surface area contributed by atoms with Gasteiger partial charge in [0.05, 0.1) is 6.61 Å². The van der Waals surface area contributed by atoms with Crippen molar-refractivity contribution in [2.24, 2.45) is 0 Å². The number of hydrogen-bond donors (Lipinski definition) is 1. The molecule has 0 fully saturated rings. The van der Waals surface area contributed by atoms with Crippen LogP contribution < -0.4 is 0 Å². The first-order chi connectivity index (χ1) is 9.41. The van der Waals surface area contributed by atoms with E-state index in [4.69, 9.17) is 5.11 Å². The molecule has 0 bridgehead atoms. The van der Waals surface area contributed by atoms with Crippen LogP contribution >= 0.6 is 0 Å². The average Bonchev–Trinajstić information content (AvgIpc) is 2.43. The summed E-state index contributed by atoms with van der Waals surface area (Å²) in [5, 5.41) is 8.55. The number of rotatable bonds is 14. The van der Waals surface area contributed by atoms with Crippen molar-refractivity contribution in [1.29, 1.82) is 0 Å². The highest BCUT2D eigenvalue weighted by molar-refractivity contribution is 5.02. The molecule has 0 rings (SSSR count). The minimum atomic E-state index is 0.142. The molecule has 0 aromatic rings. The predicted octanol–water partition coefficient (Wildman–Crippen LogP) is 5.79. The monoisotopic (exact) mass is 266 g/mol. The molecule has 0 atom stereocenters. The second-order valence-electron chi connectivity index (χ2n) is 5.36. The van der Waals surface area contributed by atoms with Crippen LogP contribution in [-0.4, -0.2) is 11.7 Å². The second-order valence-corrected chi connectivity index (χ2v) is 5.36. The van der Waals surface area contributed by atoms with E-state index in [-0.39, 0.29) is 6.61 Å². The van der Waals surface area contributed by atoms with E-state index >= 15 is 0 Å². The Balaban J connectivity index is 3.02. The first kappa shape index (κ1) is 18.4. The average molecular weight is 266 g/mol. The Morgan fingerprint density at radius 1 is 0.632 bits per heavy atom. The Labute approximate surface area is 120 Å². The largest absolute Gasteiger partial charge is 0.392 e. The molecule has 1 N–H and O–H groups in total. The summed E-state index contributed by atoms with van der Waals surface area (Å²) in [6, 6.07) is 0. The van der Waals surface area contributed by atoms with Crippen molar-refractivity contribution in [2.75, 3.05) is 6.61 Å². The fourth-order valence-corrected chi connectivity index (χ4v) is 2.24. The summed E-state index contributed by atoms with van der Waals surface area (Å²) in [5.41, 5.74) is 0. The van der Waals surface area contributed by atoms with Crippen molar-refractivity contribution in [3.05, 3.63) is 24.3 Å². The van der Waals surface area contributed by atoms with Crippen LogP contribution in [0.15, 0.2) is 24.3 Å². The molecule has 0 spiro atoms. The van der Waals surface area contributed by atoms with Gasteiger partial charge in [0.15, 0.2) is 0 Å². The SMILES string of the molecule is CCCCCCCCCCCCC/C=C/C=C/CO. The molecule has 0 aromatic heterocycles. The van der Waals surface area contributed by atoms with Crippen LogP contribution in [0.25, 0.3) is 0 Å². The highest BCUT2D eigenvalue weighted by Crippen LogP contribution is 2.11. The number of aliphatic hydroxyl groups is 1. The fraction of sp³-hybridized carbons (Fsp3) is 0.778. The van der Waals surface area contributed by atoms with Gasteiger partial charge in [-0.05, 0) is 12.8 Å². The van der Waals surface area contributed by atoms with Gasteiger partial charge in [0, 0.05) is 0 Å². The van der Waals surface area contributed by atoms with E-state index in [0.29, 0.717) is 0 Å². The summed E-state index contributed by atoms with van der Waals surface area (Å²) >= 11 is 0. The van der Waals surface area contributed by atoms with Gasteiger partial charge < -0.3 is 5.11 Å². The van der Waals surface area contributed by atoms with Crippen molar-refractivity contribution in [3.63, 3.8) is 0 Å². The van der Waals surface area contributed by atoms with Crippen LogP contribution in [0.5, 0.6) is 0 Å². The zero-order valence-electron chi connectivity index (χ0n) is 12.9. The summed E-state index contributed by atoms with van der Waals surface area (Å²) in [6.07, 6.45) is 24.5. The molecule has 19 heavy (non-hydrogen) atoms. The Bertz CT molecular complexity index is 206. The minimum Gasteiger partial charge on any atom is -0.392 e. The van der Waals surface area contributed by atoms with Gasteiger partial charge in [0.25, 0.3) is 0 Å². The normalized spacial score (nSPS) is 11.9. The second kappa shape index (κ2) is 17.4. The van der Waals surface area contributed by atoms with E-state index in [1.807, 2.05) is 12.2 Å². The predicted molar refractivity (Wildman–Crippen MR) is 86.4 cm³/mol. The Hall–Kier alpha value is -0.560. The lowest BCUT2D eigenvalue weighted by Crippen LogP contribution is -1.81. The molecule has 0 unspecified atom stereocenters. The lowest BCUT2D eigenvalue weighted by molar-refractivity contribution is 0.343. The highest BCUT2D eigenvalue weighted by atomic mass is 16.2. The van der Waals surface area contributed by atoms with Crippen LogP contribution in [0.4, 0.5) is 0 Å². The molecule has 0 aliphatic carbocycles. The Morgan fingerprint density at radius 2 is 1.11 bits per heavy atom. The molecule has 0 amide bonds. The number of aliphatic hydroxyl groups excluding tert-OH is 1. The Morgan fingerprint density at radius 3 is 1.63 bits per heavy atom. The molecule has 1 heteroatoms. The molecule has 1 nitrogen and oxygen atoms in total. The molecule has 112 valence electrons. The van der Waals surface area contributed by atoms with E-state index in [9.17, 15) is 0 Å². The van der Waals surface area contributed by atoms with Crippen LogP contribution in [0.2, 0.25) is 0 Å². The van der Waals surface area contributed by atoms with E-state index in [1.165, 1.54) is 77.0 Å². The highest BCUT2D eigenvalue weighted by Gasteiger charge is 1.92. The first-order valence-electron chi connectivity index (χ1n) is 8.34. The van der Waals surface area contributed by atoms with Gasteiger partial charge in [-0.2, -0.15) is 0 Å². The maximum atomic E-state index is 8.55. The minimum absolute atomic E-state index is 0.142. The third-order valence-electron chi connectivity index (χ3n) is 3.46. The van der Waals surface area contributed by atoms with Gasteiger partial charge in [0.2, 0.25) is 0 Å². The number of hydrogen-bond acceptors (Lipinski definition) is 1. The van der Waals surface area contributed by atoms with E-state index in [0.717, 1.165) is 0 Å². The van der Waals surface area contributed by atoms with Crippen LogP contribution in [-0.2, 0) is 0 Å². The zero-order chi connectivity index (χ0) is 14.0. The van der Waals surface area contributed by atoms with Crippen LogP contribution in [0.1, 0.15) is 84.0 Å². The Kier molecular flexibility index (Phi) is 16.9. The lowest BCUT2D eigenvalue weighted by Gasteiger charge is -2.01. The number of allylic oxidation sites excluding steroid dienone is 3. The van der Waals surface area contributed by atoms with E-state index < -0.39 is 0 Å². The van der Waals surface area contributed by atoms with Crippen molar-refractivity contribution < 1.29 is 5.11 Å². The van der Waals surface area contributed by atoms with Crippen LogP contribution in [0.3, 0.4) is 0 Å². The van der Waals surface area contributed by atoms with Gasteiger partial charge in [-0.25, -0.2) is 0 Å². The molecular weight excluding hydrogens is 232 g/mol. The molecule has 0 aromatic carbocycles. The summed E-state index contributed by atoms with van der Waals surface area (Å²) in [4.78, 5) is 0. The quantitative estimate of drug-likeness (QED) is 0.311. The molecule has 0 aliphatic heterocycles. The van der Waals surface area contributed by atoms with Gasteiger partial charge in [-0.1, -0.05) is 95.4 Å².